The van der Waals surface area contributed by atoms with E-state index in [-0.39, 0.29) is 11.5 Å². The van der Waals surface area contributed by atoms with E-state index in [1.807, 2.05) is 0 Å². The summed E-state index contributed by atoms with van der Waals surface area (Å²) < 4.78 is 0. The van der Waals surface area contributed by atoms with Gasteiger partial charge in [0.15, 0.2) is 11.5 Å². The number of aromatic hydroxyl groups is 1. The number of benzene rings is 1. The third kappa shape index (κ3) is 1.12. The molecule has 1 rings (SSSR count). The molecule has 0 radical (unpaired) electrons. The molecule has 48 valence electrons. The highest BCUT2D eigenvalue weighted by Gasteiger charge is 1.95. The second-order valence-corrected chi connectivity index (χ2v) is 1.59. The summed E-state index contributed by atoms with van der Waals surface area (Å²) in [5, 5.41) is 8.91. The van der Waals surface area contributed by atoms with E-state index in [1.54, 1.807) is 18.2 Å². The van der Waals surface area contributed by atoms with Crippen LogP contribution in [0.15, 0.2) is 24.3 Å². The number of para-hydroxylation sites is 2. The molecular formula is C6H7NO2. The molecular weight excluding hydrogens is 118 g/mol. The molecule has 0 spiro atoms. The van der Waals surface area contributed by atoms with E-state index < -0.39 is 0 Å². The Balaban J connectivity index is 3.01. The molecule has 0 heterocycles. The number of phenolic OH excluding ortho intramolecular Hbond substituents is 1. The maximum absolute atomic E-state index is 8.91. The molecule has 0 aromatic heterocycles. The molecule has 0 saturated carbocycles. The average molecular weight is 125 g/mol. The molecule has 0 aliphatic carbocycles. The SMILES string of the molecule is NOc1ccccc1O. The molecule has 0 aliphatic heterocycles. The van der Waals surface area contributed by atoms with Crippen molar-refractivity contribution in [2.24, 2.45) is 5.90 Å². The van der Waals surface area contributed by atoms with E-state index in [2.05, 4.69) is 4.84 Å². The minimum absolute atomic E-state index is 0.0556. The fourth-order valence-corrected chi connectivity index (χ4v) is 0.557. The Morgan fingerprint density at radius 2 is 2.00 bits per heavy atom. The average Bonchev–Trinajstić information content (AvgIpc) is 1.89. The zero-order chi connectivity index (χ0) is 6.69. The van der Waals surface area contributed by atoms with Gasteiger partial charge in [0.2, 0.25) is 0 Å². The molecule has 9 heavy (non-hydrogen) atoms. The molecule has 3 N–H and O–H groups in total. The molecule has 3 heteroatoms. The standard InChI is InChI=1S/C6H7NO2/c7-9-6-4-2-1-3-5(6)8/h1-4,8H,7H2. The Morgan fingerprint density at radius 1 is 1.33 bits per heavy atom. The molecule has 1 aromatic rings. The van der Waals surface area contributed by atoms with Crippen LogP contribution in [0.3, 0.4) is 0 Å². The van der Waals surface area contributed by atoms with Crippen molar-refractivity contribution in [1.29, 1.82) is 0 Å². The number of phenols is 1. The number of hydrogen-bond donors (Lipinski definition) is 2. The van der Waals surface area contributed by atoms with Gasteiger partial charge in [-0.25, -0.2) is 0 Å². The van der Waals surface area contributed by atoms with Crippen LogP contribution >= 0.6 is 0 Å². The van der Waals surface area contributed by atoms with Gasteiger partial charge in [0.1, 0.15) is 0 Å². The molecule has 0 aliphatic rings. The van der Waals surface area contributed by atoms with E-state index in [9.17, 15) is 0 Å². The summed E-state index contributed by atoms with van der Waals surface area (Å²) in [5.74, 6) is 5.14. The van der Waals surface area contributed by atoms with Crippen LogP contribution in [0.5, 0.6) is 11.5 Å². The van der Waals surface area contributed by atoms with Crippen LogP contribution in [0.1, 0.15) is 0 Å². The second kappa shape index (κ2) is 2.37. The summed E-state index contributed by atoms with van der Waals surface area (Å²) in [5.41, 5.74) is 0. The summed E-state index contributed by atoms with van der Waals surface area (Å²) in [4.78, 5) is 4.29. The first-order chi connectivity index (χ1) is 4.34. The smallest absolute Gasteiger partial charge is 0.188 e. The zero-order valence-electron chi connectivity index (χ0n) is 4.74. The first kappa shape index (κ1) is 5.91. The summed E-state index contributed by atoms with van der Waals surface area (Å²) in [6, 6.07) is 6.50. The van der Waals surface area contributed by atoms with Crippen molar-refractivity contribution in [1.82, 2.24) is 0 Å². The third-order valence-electron chi connectivity index (χ3n) is 0.992. The van der Waals surface area contributed by atoms with Gasteiger partial charge in [-0.2, -0.15) is 5.90 Å². The molecule has 0 atom stereocenters. The van der Waals surface area contributed by atoms with Crippen LogP contribution < -0.4 is 10.7 Å². The zero-order valence-corrected chi connectivity index (χ0v) is 4.74. The number of rotatable bonds is 1. The lowest BCUT2D eigenvalue weighted by molar-refractivity contribution is 0.313. The van der Waals surface area contributed by atoms with Crippen LogP contribution in [-0.2, 0) is 0 Å². The maximum atomic E-state index is 8.91. The van der Waals surface area contributed by atoms with Crippen LogP contribution in [0.25, 0.3) is 0 Å². The van der Waals surface area contributed by atoms with E-state index in [1.165, 1.54) is 6.07 Å². The predicted molar refractivity (Wildman–Crippen MR) is 32.9 cm³/mol. The third-order valence-corrected chi connectivity index (χ3v) is 0.992. The van der Waals surface area contributed by atoms with Gasteiger partial charge >= 0.3 is 0 Å². The Labute approximate surface area is 52.6 Å². The second-order valence-electron chi connectivity index (χ2n) is 1.59. The highest BCUT2D eigenvalue weighted by Crippen LogP contribution is 2.22. The fourth-order valence-electron chi connectivity index (χ4n) is 0.557. The van der Waals surface area contributed by atoms with Gasteiger partial charge in [0.05, 0.1) is 0 Å². The highest BCUT2D eigenvalue weighted by atomic mass is 16.6. The lowest BCUT2D eigenvalue weighted by atomic mass is 10.3. The van der Waals surface area contributed by atoms with Gasteiger partial charge in [-0.15, -0.1) is 0 Å². The predicted octanol–water partition coefficient (Wildman–Crippen LogP) is 0.645. The van der Waals surface area contributed by atoms with Crippen molar-refractivity contribution in [3.63, 3.8) is 0 Å². The lowest BCUT2D eigenvalue weighted by Gasteiger charge is -1.98. The lowest BCUT2D eigenvalue weighted by Crippen LogP contribution is -2.01. The van der Waals surface area contributed by atoms with Gasteiger partial charge in [-0.05, 0) is 12.1 Å². The van der Waals surface area contributed by atoms with Crippen molar-refractivity contribution in [2.75, 3.05) is 0 Å². The largest absolute Gasteiger partial charge is 0.504 e. The van der Waals surface area contributed by atoms with Crippen molar-refractivity contribution in [2.45, 2.75) is 0 Å². The minimum atomic E-state index is 0.0556. The van der Waals surface area contributed by atoms with Crippen molar-refractivity contribution in [3.05, 3.63) is 24.3 Å². The Kier molecular flexibility index (Phi) is 1.55. The molecule has 0 unspecified atom stereocenters. The minimum Gasteiger partial charge on any atom is -0.504 e. The van der Waals surface area contributed by atoms with Crippen molar-refractivity contribution in [3.8, 4) is 11.5 Å². The van der Waals surface area contributed by atoms with Gasteiger partial charge in [-0.1, -0.05) is 12.1 Å². The molecule has 0 amide bonds. The Bertz CT molecular complexity index is 200. The van der Waals surface area contributed by atoms with Gasteiger partial charge < -0.3 is 9.94 Å². The van der Waals surface area contributed by atoms with Crippen LogP contribution in [0.4, 0.5) is 0 Å². The highest BCUT2D eigenvalue weighted by molar-refractivity contribution is 5.37. The topological polar surface area (TPSA) is 55.5 Å². The van der Waals surface area contributed by atoms with Gasteiger partial charge in [0.25, 0.3) is 0 Å². The van der Waals surface area contributed by atoms with E-state index in [0.717, 1.165) is 0 Å². The first-order valence-electron chi connectivity index (χ1n) is 2.49. The molecule has 0 saturated heterocycles. The molecule has 0 fully saturated rings. The van der Waals surface area contributed by atoms with E-state index in [4.69, 9.17) is 11.0 Å². The van der Waals surface area contributed by atoms with E-state index >= 15 is 0 Å². The van der Waals surface area contributed by atoms with Gasteiger partial charge in [-0.3, -0.25) is 0 Å². The summed E-state index contributed by atoms with van der Waals surface area (Å²) >= 11 is 0. The van der Waals surface area contributed by atoms with Crippen LogP contribution in [0.2, 0.25) is 0 Å². The summed E-state index contributed by atoms with van der Waals surface area (Å²) in [6.07, 6.45) is 0. The Morgan fingerprint density at radius 3 is 2.44 bits per heavy atom. The summed E-state index contributed by atoms with van der Waals surface area (Å²) in [7, 11) is 0. The molecule has 0 bridgehead atoms. The monoisotopic (exact) mass is 125 g/mol. The fraction of sp³-hybridized carbons (Fsp3) is 0. The first-order valence-corrected chi connectivity index (χ1v) is 2.49. The molecule has 1 aromatic carbocycles. The maximum Gasteiger partial charge on any atom is 0.188 e. The van der Waals surface area contributed by atoms with Crippen LogP contribution in [-0.4, -0.2) is 5.11 Å². The van der Waals surface area contributed by atoms with E-state index in [0.29, 0.717) is 0 Å². The Hall–Kier alpha value is -1.22. The summed E-state index contributed by atoms with van der Waals surface area (Å²) in [6.45, 7) is 0. The van der Waals surface area contributed by atoms with Crippen molar-refractivity contribution >= 4 is 0 Å². The number of nitrogens with two attached hydrogens (primary N) is 1. The molecule has 3 nitrogen and oxygen atoms in total. The normalized spacial score (nSPS) is 9.00. The van der Waals surface area contributed by atoms with Crippen LogP contribution in [0, 0.1) is 0 Å². The van der Waals surface area contributed by atoms with Crippen molar-refractivity contribution < 1.29 is 9.94 Å². The quantitative estimate of drug-likeness (QED) is 0.541. The number of hydrogen-bond acceptors (Lipinski definition) is 3. The van der Waals surface area contributed by atoms with Gasteiger partial charge in [0, 0.05) is 0 Å².